The Bertz CT molecular complexity index is 700. The van der Waals surface area contributed by atoms with Crippen LogP contribution in [-0.2, 0) is 4.79 Å². The summed E-state index contributed by atoms with van der Waals surface area (Å²) < 4.78 is 5.92. The van der Waals surface area contributed by atoms with Crippen LogP contribution in [-0.4, -0.2) is 92.1 Å². The first-order chi connectivity index (χ1) is 14.0. The Kier molecular flexibility index (Phi) is 8.00. The summed E-state index contributed by atoms with van der Waals surface area (Å²) in [6, 6.07) is 7.43. The molecule has 2 aliphatic rings. The maximum absolute atomic E-state index is 12.3. The minimum atomic E-state index is -0.0235. The standard InChI is InChI=1S/C21H32ClN5O2/c1-17(29-19-7-5-6-18(22)14-19)15-24-21(23-2)27-12-10-25(11-13-27)16-20(28)26-8-3-4-9-26/h5-7,14,17H,3-4,8-13,15-16H2,1-2H3,(H,23,24). The highest BCUT2D eigenvalue weighted by atomic mass is 35.5. The van der Waals surface area contributed by atoms with E-state index in [1.807, 2.05) is 36.1 Å². The zero-order valence-electron chi connectivity index (χ0n) is 17.4. The van der Waals surface area contributed by atoms with Crippen LogP contribution in [0.3, 0.4) is 0 Å². The molecule has 0 bridgehead atoms. The number of nitrogens with zero attached hydrogens (tertiary/aromatic N) is 4. The molecule has 160 valence electrons. The van der Waals surface area contributed by atoms with Gasteiger partial charge in [-0.1, -0.05) is 17.7 Å². The lowest BCUT2D eigenvalue weighted by molar-refractivity contribution is -0.131. The molecule has 7 nitrogen and oxygen atoms in total. The Labute approximate surface area is 178 Å². The van der Waals surface area contributed by atoms with E-state index in [1.165, 1.54) is 0 Å². The molecule has 3 rings (SSSR count). The van der Waals surface area contributed by atoms with Crippen LogP contribution in [0, 0.1) is 0 Å². The molecule has 0 radical (unpaired) electrons. The third-order valence-corrected chi connectivity index (χ3v) is 5.62. The summed E-state index contributed by atoms with van der Waals surface area (Å²) in [7, 11) is 1.80. The quantitative estimate of drug-likeness (QED) is 0.561. The van der Waals surface area contributed by atoms with E-state index in [0.717, 1.165) is 63.8 Å². The Morgan fingerprint density at radius 2 is 1.90 bits per heavy atom. The second-order valence-corrected chi connectivity index (χ2v) is 8.10. The second-order valence-electron chi connectivity index (χ2n) is 7.67. The van der Waals surface area contributed by atoms with Crippen LogP contribution in [0.2, 0.25) is 5.02 Å². The second kappa shape index (κ2) is 10.7. The van der Waals surface area contributed by atoms with Crippen LogP contribution < -0.4 is 10.1 Å². The van der Waals surface area contributed by atoms with E-state index in [-0.39, 0.29) is 12.0 Å². The molecule has 8 heteroatoms. The molecule has 29 heavy (non-hydrogen) atoms. The smallest absolute Gasteiger partial charge is 0.236 e. The number of piperazine rings is 1. The number of guanidine groups is 1. The van der Waals surface area contributed by atoms with Crippen molar-refractivity contribution in [2.75, 3.05) is 59.4 Å². The number of rotatable bonds is 6. The molecule has 1 unspecified atom stereocenters. The Morgan fingerprint density at radius 3 is 2.55 bits per heavy atom. The number of amides is 1. The molecule has 1 atom stereocenters. The molecular weight excluding hydrogens is 390 g/mol. The summed E-state index contributed by atoms with van der Waals surface area (Å²) in [5.74, 6) is 1.90. The van der Waals surface area contributed by atoms with Crippen LogP contribution in [0.1, 0.15) is 19.8 Å². The van der Waals surface area contributed by atoms with Crippen LogP contribution in [0.4, 0.5) is 0 Å². The van der Waals surface area contributed by atoms with Gasteiger partial charge >= 0.3 is 0 Å². The Balaban J connectivity index is 1.40. The summed E-state index contributed by atoms with van der Waals surface area (Å²) in [6.07, 6.45) is 2.26. The van der Waals surface area contributed by atoms with Crippen LogP contribution >= 0.6 is 11.6 Å². The number of ether oxygens (including phenoxy) is 1. The number of carbonyl (C=O) groups excluding carboxylic acids is 1. The molecule has 2 fully saturated rings. The SMILES string of the molecule is CN=C(NCC(C)Oc1cccc(Cl)c1)N1CCN(CC(=O)N2CCCC2)CC1. The van der Waals surface area contributed by atoms with Gasteiger partial charge in [0.25, 0.3) is 0 Å². The van der Waals surface area contributed by atoms with E-state index in [1.54, 1.807) is 7.05 Å². The van der Waals surface area contributed by atoms with E-state index >= 15 is 0 Å². The molecule has 1 amide bonds. The summed E-state index contributed by atoms with van der Waals surface area (Å²) in [6.45, 7) is 8.49. The molecule has 1 aromatic carbocycles. The lowest BCUT2D eigenvalue weighted by Crippen LogP contribution is -2.54. The van der Waals surface area contributed by atoms with E-state index < -0.39 is 0 Å². The van der Waals surface area contributed by atoms with Crippen molar-refractivity contribution in [3.8, 4) is 5.75 Å². The van der Waals surface area contributed by atoms with Crippen molar-refractivity contribution in [3.05, 3.63) is 29.3 Å². The Morgan fingerprint density at radius 1 is 1.17 bits per heavy atom. The average molecular weight is 422 g/mol. The van der Waals surface area contributed by atoms with Gasteiger partial charge < -0.3 is 19.9 Å². The minimum Gasteiger partial charge on any atom is -0.489 e. The van der Waals surface area contributed by atoms with Crippen LogP contribution in [0.25, 0.3) is 0 Å². The molecule has 2 aliphatic heterocycles. The predicted octanol–water partition coefficient (Wildman–Crippen LogP) is 1.92. The maximum atomic E-state index is 12.3. The zero-order valence-corrected chi connectivity index (χ0v) is 18.2. The highest BCUT2D eigenvalue weighted by molar-refractivity contribution is 6.30. The molecule has 2 heterocycles. The number of halogens is 1. The minimum absolute atomic E-state index is 0.0235. The van der Waals surface area contributed by atoms with Crippen molar-refractivity contribution in [2.24, 2.45) is 4.99 Å². The topological polar surface area (TPSA) is 60.4 Å². The molecule has 0 spiro atoms. The molecule has 1 N–H and O–H groups in total. The van der Waals surface area contributed by atoms with Gasteiger partial charge in [-0.25, -0.2) is 0 Å². The number of hydrogen-bond acceptors (Lipinski definition) is 4. The first-order valence-electron chi connectivity index (χ1n) is 10.4. The maximum Gasteiger partial charge on any atom is 0.236 e. The van der Waals surface area contributed by atoms with Gasteiger partial charge in [0.2, 0.25) is 5.91 Å². The molecule has 1 aromatic rings. The lowest BCUT2D eigenvalue weighted by Gasteiger charge is -2.36. The lowest BCUT2D eigenvalue weighted by atomic mass is 10.3. The zero-order chi connectivity index (χ0) is 20.6. The first-order valence-corrected chi connectivity index (χ1v) is 10.8. The average Bonchev–Trinajstić information content (AvgIpc) is 3.25. The number of nitrogens with one attached hydrogen (secondary N) is 1. The Hall–Kier alpha value is -1.99. The number of likely N-dealkylation sites (tertiary alicyclic amines) is 1. The fourth-order valence-electron chi connectivity index (χ4n) is 3.76. The largest absolute Gasteiger partial charge is 0.489 e. The fourth-order valence-corrected chi connectivity index (χ4v) is 3.94. The number of hydrogen-bond donors (Lipinski definition) is 1. The predicted molar refractivity (Wildman–Crippen MR) is 117 cm³/mol. The number of aliphatic imine (C=N–C) groups is 1. The fraction of sp³-hybridized carbons (Fsp3) is 0.619. The van der Waals surface area contributed by atoms with Crippen molar-refractivity contribution in [2.45, 2.75) is 25.9 Å². The van der Waals surface area contributed by atoms with Crippen molar-refractivity contribution in [1.29, 1.82) is 0 Å². The van der Waals surface area contributed by atoms with E-state index in [2.05, 4.69) is 20.1 Å². The van der Waals surface area contributed by atoms with Crippen molar-refractivity contribution in [3.63, 3.8) is 0 Å². The number of carbonyl (C=O) groups is 1. The van der Waals surface area contributed by atoms with Gasteiger partial charge in [0.1, 0.15) is 11.9 Å². The van der Waals surface area contributed by atoms with E-state index in [4.69, 9.17) is 16.3 Å². The summed E-state index contributed by atoms with van der Waals surface area (Å²) >= 11 is 6.01. The van der Waals surface area contributed by atoms with E-state index in [0.29, 0.717) is 18.1 Å². The van der Waals surface area contributed by atoms with Crippen LogP contribution in [0.15, 0.2) is 29.3 Å². The van der Waals surface area contributed by atoms with Gasteiger partial charge in [0.05, 0.1) is 13.1 Å². The molecule has 2 saturated heterocycles. The molecule has 0 aromatic heterocycles. The van der Waals surface area contributed by atoms with Crippen molar-refractivity contribution >= 4 is 23.5 Å². The normalized spacial score (nSPS) is 19.3. The monoisotopic (exact) mass is 421 g/mol. The summed E-state index contributed by atoms with van der Waals surface area (Å²) in [4.78, 5) is 23.2. The first kappa shape index (κ1) is 21.7. The number of benzene rings is 1. The van der Waals surface area contributed by atoms with Gasteiger partial charge in [-0.3, -0.25) is 14.7 Å². The third-order valence-electron chi connectivity index (χ3n) is 5.38. The summed E-state index contributed by atoms with van der Waals surface area (Å²) in [5.41, 5.74) is 0. The van der Waals surface area contributed by atoms with Gasteiger partial charge in [-0.05, 0) is 38.0 Å². The van der Waals surface area contributed by atoms with Gasteiger partial charge in [-0.15, -0.1) is 0 Å². The molecule has 0 saturated carbocycles. The van der Waals surface area contributed by atoms with Gasteiger partial charge in [0.15, 0.2) is 5.96 Å². The molecular formula is C21H32ClN5O2. The van der Waals surface area contributed by atoms with Crippen LogP contribution in [0.5, 0.6) is 5.75 Å². The summed E-state index contributed by atoms with van der Waals surface area (Å²) in [5, 5.41) is 4.06. The van der Waals surface area contributed by atoms with Crippen molar-refractivity contribution < 1.29 is 9.53 Å². The third kappa shape index (κ3) is 6.51. The van der Waals surface area contributed by atoms with Gasteiger partial charge in [0, 0.05) is 51.3 Å². The van der Waals surface area contributed by atoms with Gasteiger partial charge in [-0.2, -0.15) is 0 Å². The molecule has 0 aliphatic carbocycles. The highest BCUT2D eigenvalue weighted by Crippen LogP contribution is 2.18. The van der Waals surface area contributed by atoms with Crippen molar-refractivity contribution in [1.82, 2.24) is 20.0 Å². The highest BCUT2D eigenvalue weighted by Gasteiger charge is 2.24. The van der Waals surface area contributed by atoms with E-state index in [9.17, 15) is 4.79 Å².